The van der Waals surface area contributed by atoms with Crippen molar-refractivity contribution in [3.05, 3.63) is 42.0 Å². The van der Waals surface area contributed by atoms with Gasteiger partial charge in [-0.3, -0.25) is 4.57 Å². The van der Waals surface area contributed by atoms with Crippen LogP contribution in [0.25, 0.3) is 5.69 Å². The summed E-state index contributed by atoms with van der Waals surface area (Å²) in [6.45, 7) is 0. The molecule has 0 N–H and O–H groups in total. The maximum atomic E-state index is 8.66. The molecular formula is C10H7ClN4. The quantitative estimate of drug-likeness (QED) is 0.724. The molecule has 0 atom stereocenters. The number of benzene rings is 1. The minimum absolute atomic E-state index is 0.306. The highest BCUT2D eigenvalue weighted by Crippen LogP contribution is 2.11. The largest absolute Gasteiger partial charge is 0.285 e. The zero-order chi connectivity index (χ0) is 10.7. The molecule has 0 spiro atoms. The first-order valence-electron chi connectivity index (χ1n) is 4.30. The van der Waals surface area contributed by atoms with Crippen molar-refractivity contribution in [3.63, 3.8) is 0 Å². The highest BCUT2D eigenvalue weighted by atomic mass is 35.5. The van der Waals surface area contributed by atoms with E-state index in [1.54, 1.807) is 23.0 Å². The topological polar surface area (TPSA) is 54.5 Å². The summed E-state index contributed by atoms with van der Waals surface area (Å²) < 4.78 is 1.79. The monoisotopic (exact) mass is 218 g/mol. The summed E-state index contributed by atoms with van der Waals surface area (Å²) in [7, 11) is 0. The van der Waals surface area contributed by atoms with E-state index in [4.69, 9.17) is 16.9 Å². The summed E-state index contributed by atoms with van der Waals surface area (Å²) in [6.07, 6.45) is 1.60. The lowest BCUT2D eigenvalue weighted by Crippen LogP contribution is -1.97. The second-order valence-electron chi connectivity index (χ2n) is 2.91. The highest BCUT2D eigenvalue weighted by Gasteiger charge is 2.04. The van der Waals surface area contributed by atoms with Gasteiger partial charge < -0.3 is 0 Å². The molecule has 1 heterocycles. The molecule has 2 aromatic rings. The highest BCUT2D eigenvalue weighted by molar-refractivity contribution is 6.16. The van der Waals surface area contributed by atoms with Crippen molar-refractivity contribution in [3.8, 4) is 11.8 Å². The first kappa shape index (κ1) is 9.69. The van der Waals surface area contributed by atoms with Crippen LogP contribution >= 0.6 is 11.6 Å². The van der Waals surface area contributed by atoms with Crippen LogP contribution in [0.3, 0.4) is 0 Å². The van der Waals surface area contributed by atoms with Gasteiger partial charge in [0.15, 0.2) is 5.82 Å². The van der Waals surface area contributed by atoms with Crippen LogP contribution in [0, 0.1) is 11.3 Å². The van der Waals surface area contributed by atoms with E-state index in [9.17, 15) is 0 Å². The van der Waals surface area contributed by atoms with Crippen molar-refractivity contribution < 1.29 is 0 Å². The number of halogens is 1. The zero-order valence-electron chi connectivity index (χ0n) is 7.76. The Morgan fingerprint density at radius 1 is 1.33 bits per heavy atom. The number of hydrogen-bond acceptors (Lipinski definition) is 3. The summed E-state index contributed by atoms with van der Waals surface area (Å²) in [6, 6.07) is 9.21. The Morgan fingerprint density at radius 3 is 2.67 bits per heavy atom. The molecule has 15 heavy (non-hydrogen) atoms. The van der Waals surface area contributed by atoms with E-state index in [0.29, 0.717) is 17.3 Å². The molecule has 0 aliphatic carbocycles. The molecule has 1 aromatic carbocycles. The van der Waals surface area contributed by atoms with Crippen molar-refractivity contribution in [2.24, 2.45) is 0 Å². The fraction of sp³-hybridized carbons (Fsp3) is 0.100. The van der Waals surface area contributed by atoms with Crippen molar-refractivity contribution in [2.45, 2.75) is 5.88 Å². The van der Waals surface area contributed by atoms with Crippen LogP contribution in [0.2, 0.25) is 0 Å². The smallest absolute Gasteiger partial charge is 0.152 e. The van der Waals surface area contributed by atoms with E-state index >= 15 is 0 Å². The van der Waals surface area contributed by atoms with Gasteiger partial charge in [-0.1, -0.05) is 0 Å². The van der Waals surface area contributed by atoms with Gasteiger partial charge >= 0.3 is 0 Å². The third-order valence-corrected chi connectivity index (χ3v) is 2.25. The number of aromatic nitrogens is 3. The lowest BCUT2D eigenvalue weighted by atomic mass is 10.2. The Bertz CT molecular complexity index is 495. The molecule has 5 heteroatoms. The average molecular weight is 219 g/mol. The molecule has 0 saturated carbocycles. The third-order valence-electron chi connectivity index (χ3n) is 2.01. The van der Waals surface area contributed by atoms with Crippen LogP contribution in [0.1, 0.15) is 11.4 Å². The average Bonchev–Trinajstić information content (AvgIpc) is 2.77. The van der Waals surface area contributed by atoms with Gasteiger partial charge in [0.05, 0.1) is 17.5 Å². The van der Waals surface area contributed by atoms with E-state index in [0.717, 1.165) is 5.69 Å². The van der Waals surface area contributed by atoms with E-state index in [1.807, 2.05) is 12.1 Å². The second-order valence-corrected chi connectivity index (χ2v) is 3.18. The van der Waals surface area contributed by atoms with Crippen molar-refractivity contribution in [1.29, 1.82) is 5.26 Å². The summed E-state index contributed by atoms with van der Waals surface area (Å²) in [5.74, 6) is 0.987. The Labute approximate surface area is 91.7 Å². The molecule has 0 aliphatic rings. The third kappa shape index (κ3) is 1.83. The van der Waals surface area contributed by atoms with Gasteiger partial charge in [-0.25, -0.2) is 0 Å². The molecule has 0 aliphatic heterocycles. The lowest BCUT2D eigenvalue weighted by molar-refractivity contribution is 0.951. The molecule has 4 nitrogen and oxygen atoms in total. The summed E-state index contributed by atoms with van der Waals surface area (Å²) >= 11 is 5.71. The van der Waals surface area contributed by atoms with E-state index < -0.39 is 0 Å². The van der Waals surface area contributed by atoms with Crippen LogP contribution in [0.15, 0.2) is 30.6 Å². The first-order chi connectivity index (χ1) is 7.35. The molecule has 2 rings (SSSR count). The number of nitriles is 1. The van der Waals surface area contributed by atoms with Gasteiger partial charge in [0.25, 0.3) is 0 Å². The maximum Gasteiger partial charge on any atom is 0.152 e. The minimum Gasteiger partial charge on any atom is -0.285 e. The standard InChI is InChI=1S/C10H7ClN4/c11-5-10-14-13-7-15(10)9-3-1-8(6-12)2-4-9/h1-4,7H,5H2. The Morgan fingerprint density at radius 2 is 2.07 bits per heavy atom. The van der Waals surface area contributed by atoms with Crippen molar-refractivity contribution in [2.75, 3.05) is 0 Å². The van der Waals surface area contributed by atoms with Gasteiger partial charge in [-0.2, -0.15) is 5.26 Å². The van der Waals surface area contributed by atoms with Gasteiger partial charge in [0.1, 0.15) is 6.33 Å². The fourth-order valence-electron chi connectivity index (χ4n) is 1.26. The van der Waals surface area contributed by atoms with Gasteiger partial charge in [0, 0.05) is 5.69 Å². The molecule has 0 fully saturated rings. The maximum absolute atomic E-state index is 8.66. The summed E-state index contributed by atoms with van der Waals surface area (Å²) in [5, 5.41) is 16.3. The zero-order valence-corrected chi connectivity index (χ0v) is 8.52. The molecule has 74 valence electrons. The molecule has 0 saturated heterocycles. The van der Waals surface area contributed by atoms with Crippen LogP contribution in [0.5, 0.6) is 0 Å². The molecule has 0 amide bonds. The molecule has 0 bridgehead atoms. The normalized spacial score (nSPS) is 9.87. The molecular weight excluding hydrogens is 212 g/mol. The van der Waals surface area contributed by atoms with Gasteiger partial charge in [-0.05, 0) is 24.3 Å². The number of hydrogen-bond donors (Lipinski definition) is 0. The predicted molar refractivity (Wildman–Crippen MR) is 55.6 cm³/mol. The molecule has 1 aromatic heterocycles. The van der Waals surface area contributed by atoms with Crippen LogP contribution in [-0.2, 0) is 5.88 Å². The van der Waals surface area contributed by atoms with Gasteiger partial charge in [-0.15, -0.1) is 21.8 Å². The summed E-state index contributed by atoms with van der Waals surface area (Å²) in [5.41, 5.74) is 1.52. The van der Waals surface area contributed by atoms with Crippen LogP contribution in [-0.4, -0.2) is 14.8 Å². The first-order valence-corrected chi connectivity index (χ1v) is 4.84. The Hall–Kier alpha value is -1.86. The number of nitrogens with zero attached hydrogens (tertiary/aromatic N) is 4. The van der Waals surface area contributed by atoms with E-state index in [1.165, 1.54) is 0 Å². The fourth-order valence-corrected chi connectivity index (χ4v) is 1.44. The Kier molecular flexibility index (Phi) is 2.66. The number of rotatable bonds is 2. The Balaban J connectivity index is 2.42. The van der Waals surface area contributed by atoms with Crippen LogP contribution in [0.4, 0.5) is 0 Å². The number of alkyl halides is 1. The summed E-state index contributed by atoms with van der Waals surface area (Å²) in [4.78, 5) is 0. The van der Waals surface area contributed by atoms with Crippen molar-refractivity contribution in [1.82, 2.24) is 14.8 Å². The SMILES string of the molecule is N#Cc1ccc(-n2cnnc2CCl)cc1. The van der Waals surface area contributed by atoms with Crippen LogP contribution < -0.4 is 0 Å². The predicted octanol–water partition coefficient (Wildman–Crippen LogP) is 1.88. The van der Waals surface area contributed by atoms with E-state index in [2.05, 4.69) is 16.3 Å². The molecule has 0 unspecified atom stereocenters. The van der Waals surface area contributed by atoms with Gasteiger partial charge in [0.2, 0.25) is 0 Å². The lowest BCUT2D eigenvalue weighted by Gasteiger charge is -2.03. The second kappa shape index (κ2) is 4.11. The minimum atomic E-state index is 0.306. The van der Waals surface area contributed by atoms with E-state index in [-0.39, 0.29) is 0 Å². The van der Waals surface area contributed by atoms with Crippen molar-refractivity contribution >= 4 is 11.6 Å². The molecule has 0 radical (unpaired) electrons.